The molecule has 2 aliphatic rings. The van der Waals surface area contributed by atoms with Gasteiger partial charge in [-0.05, 0) is 41.9 Å². The van der Waals surface area contributed by atoms with E-state index in [9.17, 15) is 0 Å². The van der Waals surface area contributed by atoms with Crippen molar-refractivity contribution in [3.8, 4) is 0 Å². The number of ether oxygens (including phenoxy) is 1. The molecule has 4 atom stereocenters. The molecule has 0 aliphatic heterocycles. The Morgan fingerprint density at radius 2 is 2.00 bits per heavy atom. The van der Waals surface area contributed by atoms with Crippen LogP contribution in [0.2, 0.25) is 0 Å². The third-order valence-corrected chi connectivity index (χ3v) is 5.01. The molecule has 0 saturated heterocycles. The molecule has 2 saturated carbocycles. The van der Waals surface area contributed by atoms with E-state index in [0.29, 0.717) is 5.41 Å². The third-order valence-electron chi connectivity index (χ3n) is 5.01. The normalized spacial score (nSPS) is 47.1. The highest BCUT2D eigenvalue weighted by molar-refractivity contribution is 5.04. The van der Waals surface area contributed by atoms with E-state index in [0.717, 1.165) is 30.3 Å². The van der Waals surface area contributed by atoms with Gasteiger partial charge < -0.3 is 4.74 Å². The molecule has 2 aliphatic carbocycles. The first-order chi connectivity index (χ1) is 6.09. The maximum absolute atomic E-state index is 5.35. The molecular weight excluding hydrogens is 160 g/mol. The van der Waals surface area contributed by atoms with E-state index in [1.54, 1.807) is 0 Å². The van der Waals surface area contributed by atoms with Crippen molar-refractivity contribution < 1.29 is 4.74 Å². The second-order valence-electron chi connectivity index (χ2n) is 5.58. The highest BCUT2D eigenvalue weighted by Crippen LogP contribution is 2.62. The van der Waals surface area contributed by atoms with Gasteiger partial charge in [-0.25, -0.2) is 0 Å². The minimum absolute atomic E-state index is 0.562. The molecular formula is C12H22O. The zero-order chi connectivity index (χ0) is 9.64. The lowest BCUT2D eigenvalue weighted by Crippen LogP contribution is -2.28. The summed E-state index contributed by atoms with van der Waals surface area (Å²) in [7, 11) is 1.84. The Balaban J connectivity index is 2.18. The van der Waals surface area contributed by atoms with Crippen LogP contribution in [0.3, 0.4) is 0 Å². The summed E-state index contributed by atoms with van der Waals surface area (Å²) in [6, 6.07) is 0. The van der Waals surface area contributed by atoms with Crippen LogP contribution in [0.5, 0.6) is 0 Å². The van der Waals surface area contributed by atoms with Gasteiger partial charge in [-0.1, -0.05) is 20.8 Å². The Morgan fingerprint density at radius 1 is 1.31 bits per heavy atom. The van der Waals surface area contributed by atoms with Crippen molar-refractivity contribution >= 4 is 0 Å². The van der Waals surface area contributed by atoms with Crippen molar-refractivity contribution in [2.24, 2.45) is 29.1 Å². The molecule has 0 radical (unpaired) electrons. The van der Waals surface area contributed by atoms with Crippen LogP contribution in [0.1, 0.15) is 33.6 Å². The van der Waals surface area contributed by atoms with Gasteiger partial charge in [0.1, 0.15) is 0 Å². The van der Waals surface area contributed by atoms with Gasteiger partial charge in [-0.2, -0.15) is 0 Å². The molecule has 0 N–H and O–H groups in total. The summed E-state index contributed by atoms with van der Waals surface area (Å²) < 4.78 is 5.35. The van der Waals surface area contributed by atoms with E-state index in [4.69, 9.17) is 4.74 Å². The van der Waals surface area contributed by atoms with Gasteiger partial charge in [0, 0.05) is 13.7 Å². The molecule has 0 aromatic rings. The highest BCUT2D eigenvalue weighted by Gasteiger charge is 2.56. The fourth-order valence-corrected chi connectivity index (χ4v) is 3.96. The van der Waals surface area contributed by atoms with Crippen molar-refractivity contribution in [2.45, 2.75) is 33.6 Å². The van der Waals surface area contributed by atoms with Crippen LogP contribution in [-0.2, 0) is 4.74 Å². The molecule has 0 amide bonds. The van der Waals surface area contributed by atoms with Crippen LogP contribution in [0.15, 0.2) is 0 Å². The van der Waals surface area contributed by atoms with Gasteiger partial charge in [-0.3, -0.25) is 0 Å². The van der Waals surface area contributed by atoms with E-state index < -0.39 is 0 Å². The summed E-state index contributed by atoms with van der Waals surface area (Å²) in [5.74, 6) is 3.62. The van der Waals surface area contributed by atoms with Crippen molar-refractivity contribution in [3.05, 3.63) is 0 Å². The van der Waals surface area contributed by atoms with Gasteiger partial charge in [0.25, 0.3) is 0 Å². The Hall–Kier alpha value is -0.0400. The molecule has 0 spiro atoms. The smallest absolute Gasteiger partial charge is 0.0496 e. The summed E-state index contributed by atoms with van der Waals surface area (Å²) in [5, 5.41) is 0. The summed E-state index contributed by atoms with van der Waals surface area (Å²) >= 11 is 0. The molecule has 0 aromatic carbocycles. The summed E-state index contributed by atoms with van der Waals surface area (Å²) in [5.41, 5.74) is 0.562. The molecule has 1 nitrogen and oxygen atoms in total. The van der Waals surface area contributed by atoms with E-state index in [2.05, 4.69) is 20.8 Å². The van der Waals surface area contributed by atoms with E-state index >= 15 is 0 Å². The average Bonchev–Trinajstić information content (AvgIpc) is 2.53. The maximum Gasteiger partial charge on any atom is 0.0496 e. The summed E-state index contributed by atoms with van der Waals surface area (Å²) in [6.45, 7) is 8.32. The maximum atomic E-state index is 5.35. The van der Waals surface area contributed by atoms with Crippen molar-refractivity contribution in [2.75, 3.05) is 13.7 Å². The molecule has 76 valence electrons. The lowest BCUT2D eigenvalue weighted by atomic mass is 9.69. The quantitative estimate of drug-likeness (QED) is 0.638. The zero-order valence-electron chi connectivity index (χ0n) is 9.34. The third kappa shape index (κ3) is 1.16. The Labute approximate surface area is 81.9 Å². The van der Waals surface area contributed by atoms with Crippen LogP contribution in [-0.4, -0.2) is 13.7 Å². The molecule has 1 heteroatoms. The van der Waals surface area contributed by atoms with Crippen molar-refractivity contribution in [3.63, 3.8) is 0 Å². The molecule has 4 unspecified atom stereocenters. The number of rotatable bonds is 2. The van der Waals surface area contributed by atoms with Gasteiger partial charge in [0.05, 0.1) is 0 Å². The predicted molar refractivity (Wildman–Crippen MR) is 54.5 cm³/mol. The van der Waals surface area contributed by atoms with E-state index in [1.165, 1.54) is 12.8 Å². The summed E-state index contributed by atoms with van der Waals surface area (Å²) in [4.78, 5) is 0. The standard InChI is InChI=1S/C12H22O/c1-8-9-5-6-11(12(8,2)3)10(9)7-13-4/h8-11H,5-7H2,1-4H3. The number of fused-ring (bicyclic) bond motifs is 2. The van der Waals surface area contributed by atoms with Crippen LogP contribution < -0.4 is 0 Å². The minimum atomic E-state index is 0.562. The molecule has 2 bridgehead atoms. The monoisotopic (exact) mass is 182 g/mol. The Morgan fingerprint density at radius 3 is 2.46 bits per heavy atom. The first-order valence-electron chi connectivity index (χ1n) is 5.58. The topological polar surface area (TPSA) is 9.23 Å². The van der Waals surface area contributed by atoms with Gasteiger partial charge in [0.2, 0.25) is 0 Å². The lowest BCUT2D eigenvalue weighted by molar-refractivity contribution is 0.111. The van der Waals surface area contributed by atoms with Gasteiger partial charge in [0.15, 0.2) is 0 Å². The van der Waals surface area contributed by atoms with E-state index in [-0.39, 0.29) is 0 Å². The average molecular weight is 182 g/mol. The SMILES string of the molecule is COCC1C2CCC1C(C)(C)C2C. The van der Waals surface area contributed by atoms with Crippen LogP contribution in [0.4, 0.5) is 0 Å². The fraction of sp³-hybridized carbons (Fsp3) is 1.00. The minimum Gasteiger partial charge on any atom is -0.384 e. The number of methoxy groups -OCH3 is 1. The summed E-state index contributed by atoms with van der Waals surface area (Å²) in [6.07, 6.45) is 2.89. The largest absolute Gasteiger partial charge is 0.384 e. The number of hydrogen-bond donors (Lipinski definition) is 0. The predicted octanol–water partition coefficient (Wildman–Crippen LogP) is 2.95. The molecule has 2 fully saturated rings. The van der Waals surface area contributed by atoms with E-state index in [1.807, 2.05) is 7.11 Å². The van der Waals surface area contributed by atoms with Gasteiger partial charge in [-0.15, -0.1) is 0 Å². The zero-order valence-corrected chi connectivity index (χ0v) is 9.34. The molecule has 13 heavy (non-hydrogen) atoms. The lowest BCUT2D eigenvalue weighted by Gasteiger charge is -2.35. The van der Waals surface area contributed by atoms with Crippen molar-refractivity contribution in [1.29, 1.82) is 0 Å². The van der Waals surface area contributed by atoms with Crippen LogP contribution in [0.25, 0.3) is 0 Å². The second-order valence-corrected chi connectivity index (χ2v) is 5.58. The van der Waals surface area contributed by atoms with Crippen LogP contribution >= 0.6 is 0 Å². The highest BCUT2D eigenvalue weighted by atomic mass is 16.5. The first-order valence-corrected chi connectivity index (χ1v) is 5.58. The second kappa shape index (κ2) is 2.98. The Kier molecular flexibility index (Phi) is 2.18. The first kappa shape index (κ1) is 9.51. The molecule has 2 rings (SSSR count). The Bertz CT molecular complexity index is 197. The van der Waals surface area contributed by atoms with Crippen LogP contribution in [0, 0.1) is 29.1 Å². The van der Waals surface area contributed by atoms with Gasteiger partial charge >= 0.3 is 0 Å². The van der Waals surface area contributed by atoms with Crippen molar-refractivity contribution in [1.82, 2.24) is 0 Å². The molecule has 0 aromatic heterocycles. The fourth-order valence-electron chi connectivity index (χ4n) is 3.96. The number of hydrogen-bond acceptors (Lipinski definition) is 1. The molecule has 0 heterocycles.